The Bertz CT molecular complexity index is 783. The SMILES string of the molecule is NC(=O)c1cc2nccc(O[C@@H]3CCCNC3)c2cc1OC1CCC1. The molecule has 2 aromatic rings. The third-order valence-corrected chi connectivity index (χ3v) is 4.96. The van der Waals surface area contributed by atoms with Gasteiger partial charge in [0.05, 0.1) is 17.2 Å². The van der Waals surface area contributed by atoms with Gasteiger partial charge in [0.15, 0.2) is 0 Å². The fourth-order valence-corrected chi connectivity index (χ4v) is 3.31. The highest BCUT2D eigenvalue weighted by molar-refractivity contribution is 6.01. The van der Waals surface area contributed by atoms with Crippen LogP contribution < -0.4 is 20.5 Å². The molecule has 2 aliphatic rings. The number of primary amides is 1. The van der Waals surface area contributed by atoms with Gasteiger partial charge < -0.3 is 20.5 Å². The van der Waals surface area contributed by atoms with Gasteiger partial charge in [-0.25, -0.2) is 0 Å². The number of amides is 1. The predicted octanol–water partition coefficient (Wildman–Crippen LogP) is 2.40. The van der Waals surface area contributed by atoms with Crippen LogP contribution in [0.25, 0.3) is 10.9 Å². The zero-order valence-electron chi connectivity index (χ0n) is 14.2. The number of piperidine rings is 1. The van der Waals surface area contributed by atoms with Crippen LogP contribution in [0.3, 0.4) is 0 Å². The number of pyridine rings is 1. The van der Waals surface area contributed by atoms with E-state index in [0.29, 0.717) is 16.8 Å². The van der Waals surface area contributed by atoms with Gasteiger partial charge >= 0.3 is 0 Å². The van der Waals surface area contributed by atoms with E-state index >= 15 is 0 Å². The standard InChI is InChI=1S/C19H23N3O3/c20-19(23)15-9-16-14(10-18(15)24-12-3-1-4-12)17(6-8-22-16)25-13-5-2-7-21-11-13/h6,8-10,12-13,21H,1-5,7,11H2,(H2,20,23)/t13-/m1/s1. The third kappa shape index (κ3) is 3.39. The molecule has 1 saturated heterocycles. The molecule has 2 fully saturated rings. The van der Waals surface area contributed by atoms with E-state index in [9.17, 15) is 4.79 Å². The number of carbonyl (C=O) groups excluding carboxylic acids is 1. The predicted molar refractivity (Wildman–Crippen MR) is 95.0 cm³/mol. The normalized spacial score (nSPS) is 20.9. The zero-order chi connectivity index (χ0) is 17.2. The molecule has 2 heterocycles. The lowest BCUT2D eigenvalue weighted by molar-refractivity contribution is 0.0972. The van der Waals surface area contributed by atoms with E-state index in [0.717, 1.165) is 56.3 Å². The van der Waals surface area contributed by atoms with Crippen molar-refractivity contribution in [3.63, 3.8) is 0 Å². The molecule has 132 valence electrons. The van der Waals surface area contributed by atoms with Gasteiger partial charge in [-0.2, -0.15) is 0 Å². The molecule has 4 rings (SSSR count). The van der Waals surface area contributed by atoms with Crippen LogP contribution in [0.4, 0.5) is 0 Å². The number of nitrogens with one attached hydrogen (secondary N) is 1. The molecule has 1 aliphatic heterocycles. The van der Waals surface area contributed by atoms with E-state index in [1.54, 1.807) is 12.3 Å². The number of nitrogens with zero attached hydrogens (tertiary/aromatic N) is 1. The molecule has 0 radical (unpaired) electrons. The molecule has 0 spiro atoms. The summed E-state index contributed by atoms with van der Waals surface area (Å²) in [6.45, 7) is 1.88. The fraction of sp³-hybridized carbons (Fsp3) is 0.474. The number of aromatic nitrogens is 1. The minimum Gasteiger partial charge on any atom is -0.490 e. The van der Waals surface area contributed by atoms with Crippen LogP contribution in [0.2, 0.25) is 0 Å². The van der Waals surface area contributed by atoms with Crippen molar-refractivity contribution >= 4 is 16.8 Å². The monoisotopic (exact) mass is 341 g/mol. The summed E-state index contributed by atoms with van der Waals surface area (Å²) in [5, 5.41) is 4.21. The van der Waals surface area contributed by atoms with Gasteiger partial charge in [0.1, 0.15) is 17.6 Å². The van der Waals surface area contributed by atoms with Crippen molar-refractivity contribution < 1.29 is 14.3 Å². The van der Waals surface area contributed by atoms with E-state index < -0.39 is 5.91 Å². The average molecular weight is 341 g/mol. The molecule has 25 heavy (non-hydrogen) atoms. The van der Waals surface area contributed by atoms with Gasteiger partial charge in [0, 0.05) is 18.1 Å². The summed E-state index contributed by atoms with van der Waals surface area (Å²) in [6.07, 6.45) is 7.34. The van der Waals surface area contributed by atoms with Crippen LogP contribution in [0.5, 0.6) is 11.5 Å². The van der Waals surface area contributed by atoms with Crippen molar-refractivity contribution in [2.45, 2.75) is 44.3 Å². The van der Waals surface area contributed by atoms with E-state index in [2.05, 4.69) is 10.3 Å². The first kappa shape index (κ1) is 16.1. The van der Waals surface area contributed by atoms with Crippen molar-refractivity contribution in [3.05, 3.63) is 30.0 Å². The summed E-state index contributed by atoms with van der Waals surface area (Å²) in [6, 6.07) is 5.43. The van der Waals surface area contributed by atoms with Crippen molar-refractivity contribution in [2.24, 2.45) is 5.73 Å². The lowest BCUT2D eigenvalue weighted by Crippen LogP contribution is -2.37. The van der Waals surface area contributed by atoms with Crippen LogP contribution in [-0.2, 0) is 0 Å². The minimum absolute atomic E-state index is 0.145. The van der Waals surface area contributed by atoms with Gasteiger partial charge in [-0.15, -0.1) is 0 Å². The highest BCUT2D eigenvalue weighted by Crippen LogP contribution is 2.34. The van der Waals surface area contributed by atoms with Crippen LogP contribution in [0, 0.1) is 0 Å². The Morgan fingerprint density at radius 1 is 1.12 bits per heavy atom. The maximum atomic E-state index is 11.8. The fourth-order valence-electron chi connectivity index (χ4n) is 3.31. The number of carbonyl (C=O) groups is 1. The van der Waals surface area contributed by atoms with E-state index in [1.165, 1.54) is 0 Å². The van der Waals surface area contributed by atoms with Gasteiger partial charge in [-0.05, 0) is 56.8 Å². The van der Waals surface area contributed by atoms with Crippen LogP contribution in [-0.4, -0.2) is 36.2 Å². The van der Waals surface area contributed by atoms with Crippen molar-refractivity contribution in [1.82, 2.24) is 10.3 Å². The number of hydrogen-bond acceptors (Lipinski definition) is 5. The summed E-state index contributed by atoms with van der Waals surface area (Å²) < 4.78 is 12.2. The molecular formula is C19H23N3O3. The van der Waals surface area contributed by atoms with Crippen molar-refractivity contribution in [1.29, 1.82) is 0 Å². The maximum Gasteiger partial charge on any atom is 0.252 e. The topological polar surface area (TPSA) is 86.5 Å². The molecule has 1 atom stereocenters. The van der Waals surface area contributed by atoms with E-state index in [1.807, 2.05) is 12.1 Å². The molecule has 1 aromatic heterocycles. The Kier molecular flexibility index (Phi) is 4.44. The number of fused-ring (bicyclic) bond motifs is 1. The first-order chi connectivity index (χ1) is 12.2. The summed E-state index contributed by atoms with van der Waals surface area (Å²) in [5.74, 6) is 0.804. The summed E-state index contributed by atoms with van der Waals surface area (Å²) in [5.41, 5.74) is 6.61. The Hall–Kier alpha value is -2.34. The molecule has 1 aliphatic carbocycles. The van der Waals surface area contributed by atoms with Crippen LogP contribution in [0.1, 0.15) is 42.5 Å². The lowest BCUT2D eigenvalue weighted by atomic mass is 9.96. The lowest BCUT2D eigenvalue weighted by Gasteiger charge is -2.28. The molecule has 0 bridgehead atoms. The first-order valence-corrected chi connectivity index (χ1v) is 8.97. The largest absolute Gasteiger partial charge is 0.490 e. The number of nitrogens with two attached hydrogens (primary N) is 1. The summed E-state index contributed by atoms with van der Waals surface area (Å²) >= 11 is 0. The van der Waals surface area contributed by atoms with Crippen molar-refractivity contribution in [3.8, 4) is 11.5 Å². The second kappa shape index (κ2) is 6.88. The zero-order valence-corrected chi connectivity index (χ0v) is 14.2. The summed E-state index contributed by atoms with van der Waals surface area (Å²) in [4.78, 5) is 16.2. The number of ether oxygens (including phenoxy) is 2. The quantitative estimate of drug-likeness (QED) is 0.872. The molecule has 0 unspecified atom stereocenters. The van der Waals surface area contributed by atoms with E-state index in [4.69, 9.17) is 15.2 Å². The first-order valence-electron chi connectivity index (χ1n) is 8.97. The van der Waals surface area contributed by atoms with Gasteiger partial charge in [-0.3, -0.25) is 9.78 Å². The molecular weight excluding hydrogens is 318 g/mol. The van der Waals surface area contributed by atoms with Gasteiger partial charge in [0.2, 0.25) is 0 Å². The highest BCUT2D eigenvalue weighted by Gasteiger charge is 2.23. The molecule has 6 nitrogen and oxygen atoms in total. The summed E-state index contributed by atoms with van der Waals surface area (Å²) in [7, 11) is 0. The molecule has 1 aromatic carbocycles. The maximum absolute atomic E-state index is 11.8. The highest BCUT2D eigenvalue weighted by atomic mass is 16.5. The average Bonchev–Trinajstić information content (AvgIpc) is 2.58. The molecule has 3 N–H and O–H groups in total. The van der Waals surface area contributed by atoms with Gasteiger partial charge in [0.25, 0.3) is 5.91 Å². The molecule has 6 heteroatoms. The number of rotatable bonds is 5. The van der Waals surface area contributed by atoms with Crippen molar-refractivity contribution in [2.75, 3.05) is 13.1 Å². The Morgan fingerprint density at radius 3 is 2.60 bits per heavy atom. The Labute approximate surface area is 146 Å². The molecule has 1 amide bonds. The Morgan fingerprint density at radius 2 is 1.92 bits per heavy atom. The number of hydrogen-bond donors (Lipinski definition) is 2. The van der Waals surface area contributed by atoms with E-state index in [-0.39, 0.29) is 12.2 Å². The number of benzene rings is 1. The minimum atomic E-state index is -0.499. The molecule has 1 saturated carbocycles. The Balaban J connectivity index is 1.70. The van der Waals surface area contributed by atoms with Crippen LogP contribution in [0.15, 0.2) is 24.4 Å². The van der Waals surface area contributed by atoms with Crippen LogP contribution >= 0.6 is 0 Å². The third-order valence-electron chi connectivity index (χ3n) is 4.96. The second-order valence-corrected chi connectivity index (χ2v) is 6.80. The smallest absolute Gasteiger partial charge is 0.252 e. The van der Waals surface area contributed by atoms with Gasteiger partial charge in [-0.1, -0.05) is 0 Å². The second-order valence-electron chi connectivity index (χ2n) is 6.80.